The van der Waals surface area contributed by atoms with Crippen molar-refractivity contribution in [1.29, 1.82) is 0 Å². The van der Waals surface area contributed by atoms with Crippen LogP contribution in [0.1, 0.15) is 19.4 Å². The van der Waals surface area contributed by atoms with Crippen LogP contribution in [0.3, 0.4) is 0 Å². The maximum Gasteiger partial charge on any atom is 0.258 e. The number of thioether (sulfide) groups is 1. The molecule has 0 amide bonds. The Morgan fingerprint density at radius 2 is 1.79 bits per heavy atom. The highest BCUT2D eigenvalue weighted by Gasteiger charge is 2.51. The summed E-state index contributed by atoms with van der Waals surface area (Å²) in [6, 6.07) is 15.7. The second kappa shape index (κ2) is 7.82. The van der Waals surface area contributed by atoms with Crippen LogP contribution in [0.4, 0.5) is 5.69 Å². The van der Waals surface area contributed by atoms with Crippen molar-refractivity contribution in [2.24, 2.45) is 0 Å². The molecule has 6 nitrogen and oxygen atoms in total. The Morgan fingerprint density at radius 1 is 1.18 bits per heavy atom. The number of sulfonamides is 1. The van der Waals surface area contributed by atoms with Gasteiger partial charge < -0.3 is 5.21 Å². The van der Waals surface area contributed by atoms with E-state index in [1.807, 2.05) is 49.1 Å². The van der Waals surface area contributed by atoms with Gasteiger partial charge in [-0.3, -0.25) is 4.90 Å². The van der Waals surface area contributed by atoms with Gasteiger partial charge in [0.1, 0.15) is 9.07 Å². The molecule has 1 aliphatic heterocycles. The van der Waals surface area contributed by atoms with E-state index in [2.05, 4.69) is 4.72 Å². The fourth-order valence-corrected chi connectivity index (χ4v) is 5.71. The fraction of sp³-hybridized carbons (Fsp3) is 0.263. The van der Waals surface area contributed by atoms with Gasteiger partial charge in [-0.1, -0.05) is 42.2 Å². The van der Waals surface area contributed by atoms with E-state index in [-0.39, 0.29) is 4.90 Å². The first-order valence-electron chi connectivity index (χ1n) is 8.57. The molecule has 0 spiro atoms. The molecule has 0 radical (unpaired) electrons. The second-order valence-corrected chi connectivity index (χ2v) is 11.0. The van der Waals surface area contributed by atoms with Gasteiger partial charge in [0.2, 0.25) is 10.0 Å². The maximum atomic E-state index is 13.1. The minimum Gasteiger partial charge on any atom is -0.622 e. The first-order chi connectivity index (χ1) is 13.2. The van der Waals surface area contributed by atoms with Crippen LogP contribution in [0.5, 0.6) is 0 Å². The number of anilines is 1. The fourth-order valence-electron chi connectivity index (χ4n) is 3.06. The summed E-state index contributed by atoms with van der Waals surface area (Å²) in [5.74, 6) is 0. The van der Waals surface area contributed by atoms with Crippen molar-refractivity contribution in [3.05, 3.63) is 65.4 Å². The van der Waals surface area contributed by atoms with Crippen molar-refractivity contribution >= 4 is 50.2 Å². The lowest BCUT2D eigenvalue weighted by Gasteiger charge is -2.29. The quantitative estimate of drug-likeness (QED) is 0.256. The van der Waals surface area contributed by atoms with Gasteiger partial charge in [0.25, 0.3) is 6.17 Å². The molecule has 1 atom stereocenters. The highest BCUT2D eigenvalue weighted by molar-refractivity contribution is 8.24. The summed E-state index contributed by atoms with van der Waals surface area (Å²) in [6.07, 6.45) is 0.931. The maximum absolute atomic E-state index is 13.1. The summed E-state index contributed by atoms with van der Waals surface area (Å²) in [5, 5.41) is 13.1. The molecule has 28 heavy (non-hydrogen) atoms. The Morgan fingerprint density at radius 3 is 2.36 bits per heavy atom. The molecule has 1 aliphatic rings. The third-order valence-electron chi connectivity index (χ3n) is 4.42. The number of thiocarbonyl (C=S) groups is 1. The standard InChI is InChI=1S/C19H21N3O3S3/c1-19(2)17(22(18(26)27-19)15-7-5-4-6-8-15)21(23)13-14-9-11-16(12-10-14)28(24,25)20-3/h4-13,17,20H,1-3H3/b21-13-/t17-/m0/s1. The van der Waals surface area contributed by atoms with Crippen LogP contribution in [0.2, 0.25) is 0 Å². The van der Waals surface area contributed by atoms with Crippen molar-refractivity contribution in [3.63, 3.8) is 0 Å². The van der Waals surface area contributed by atoms with Gasteiger partial charge in [0.05, 0.1) is 4.90 Å². The van der Waals surface area contributed by atoms with Crippen molar-refractivity contribution in [1.82, 2.24) is 4.72 Å². The van der Waals surface area contributed by atoms with E-state index < -0.39 is 20.9 Å². The summed E-state index contributed by atoms with van der Waals surface area (Å²) in [5.41, 5.74) is 1.47. The van der Waals surface area contributed by atoms with E-state index >= 15 is 0 Å². The van der Waals surface area contributed by atoms with Gasteiger partial charge in [-0.2, -0.15) is 4.74 Å². The Kier molecular flexibility index (Phi) is 5.81. The molecule has 0 saturated carbocycles. The molecular formula is C19H21N3O3S3. The van der Waals surface area contributed by atoms with Crippen molar-refractivity contribution in [2.45, 2.75) is 29.7 Å². The van der Waals surface area contributed by atoms with Gasteiger partial charge in [-0.15, -0.1) is 0 Å². The van der Waals surface area contributed by atoms with Gasteiger partial charge in [-0.05, 0) is 57.3 Å². The Balaban J connectivity index is 1.96. The summed E-state index contributed by atoms with van der Waals surface area (Å²) in [6.45, 7) is 3.97. The minimum absolute atomic E-state index is 0.147. The number of nitrogens with one attached hydrogen (secondary N) is 1. The van der Waals surface area contributed by atoms with E-state index in [0.717, 1.165) is 10.4 Å². The predicted molar refractivity (Wildman–Crippen MR) is 118 cm³/mol. The molecule has 9 heteroatoms. The first kappa shape index (κ1) is 20.8. The van der Waals surface area contributed by atoms with E-state index in [1.165, 1.54) is 37.2 Å². The Bertz CT molecular complexity index is 1000. The Hall–Kier alpha value is -1.94. The van der Waals surface area contributed by atoms with E-state index in [4.69, 9.17) is 12.2 Å². The molecule has 1 N–H and O–H groups in total. The lowest BCUT2D eigenvalue weighted by Crippen LogP contribution is -2.48. The zero-order valence-electron chi connectivity index (χ0n) is 15.7. The monoisotopic (exact) mass is 435 g/mol. The van der Waals surface area contributed by atoms with Crippen LogP contribution in [-0.4, -0.2) is 41.7 Å². The predicted octanol–water partition coefficient (Wildman–Crippen LogP) is 3.17. The molecule has 3 rings (SSSR count). The van der Waals surface area contributed by atoms with Crippen molar-refractivity contribution in [3.8, 4) is 0 Å². The molecule has 0 aromatic heterocycles. The smallest absolute Gasteiger partial charge is 0.258 e. The molecule has 0 unspecified atom stereocenters. The summed E-state index contributed by atoms with van der Waals surface area (Å²) in [4.78, 5) is 2.01. The van der Waals surface area contributed by atoms with Crippen LogP contribution in [0, 0.1) is 5.21 Å². The third kappa shape index (κ3) is 4.07. The summed E-state index contributed by atoms with van der Waals surface area (Å²) < 4.78 is 27.1. The highest BCUT2D eigenvalue weighted by Crippen LogP contribution is 2.43. The number of hydroxylamine groups is 1. The normalized spacial score (nSPS) is 19.8. The number of rotatable bonds is 5. The highest BCUT2D eigenvalue weighted by atomic mass is 32.2. The molecule has 0 aliphatic carbocycles. The molecular weight excluding hydrogens is 414 g/mol. The molecule has 1 heterocycles. The SMILES string of the molecule is CNS(=O)(=O)c1ccc(/C=[N+](\[O-])[C@H]2N(c3ccccc3)C(=S)SC2(C)C)cc1. The number of hydrogen-bond acceptors (Lipinski definition) is 5. The average Bonchev–Trinajstić information content (AvgIpc) is 2.91. The lowest BCUT2D eigenvalue weighted by atomic mass is 10.1. The van der Waals surface area contributed by atoms with Gasteiger partial charge in [0, 0.05) is 11.3 Å². The zero-order valence-corrected chi connectivity index (χ0v) is 18.1. The van der Waals surface area contributed by atoms with Gasteiger partial charge in [0.15, 0.2) is 6.21 Å². The lowest BCUT2D eigenvalue weighted by molar-refractivity contribution is -0.497. The number of hydrogen-bond donors (Lipinski definition) is 1. The van der Waals surface area contributed by atoms with E-state index in [0.29, 0.717) is 9.88 Å². The molecule has 1 fully saturated rings. The van der Waals surface area contributed by atoms with E-state index in [1.54, 1.807) is 12.1 Å². The molecule has 1 saturated heterocycles. The van der Waals surface area contributed by atoms with Crippen LogP contribution < -0.4 is 9.62 Å². The van der Waals surface area contributed by atoms with Crippen LogP contribution in [0.25, 0.3) is 0 Å². The minimum atomic E-state index is -3.51. The molecule has 2 aromatic rings. The number of nitrogens with zero attached hydrogens (tertiary/aromatic N) is 2. The molecule has 0 bridgehead atoms. The number of para-hydroxylation sites is 1. The van der Waals surface area contributed by atoms with Gasteiger partial charge >= 0.3 is 0 Å². The first-order valence-corrected chi connectivity index (χ1v) is 11.3. The summed E-state index contributed by atoms with van der Waals surface area (Å²) >= 11 is 7.03. The van der Waals surface area contributed by atoms with Gasteiger partial charge in [-0.25, -0.2) is 13.1 Å². The van der Waals surface area contributed by atoms with Crippen LogP contribution in [0.15, 0.2) is 59.5 Å². The Labute approximate surface area is 174 Å². The van der Waals surface area contributed by atoms with E-state index in [9.17, 15) is 13.6 Å². The second-order valence-electron chi connectivity index (χ2n) is 6.82. The molecule has 2 aromatic carbocycles. The molecule has 148 valence electrons. The van der Waals surface area contributed by atoms with Crippen LogP contribution in [-0.2, 0) is 10.0 Å². The van der Waals surface area contributed by atoms with Crippen molar-refractivity contribution < 1.29 is 13.2 Å². The third-order valence-corrected chi connectivity index (χ3v) is 7.41. The zero-order chi connectivity index (χ0) is 20.5. The largest absolute Gasteiger partial charge is 0.622 e. The summed E-state index contributed by atoms with van der Waals surface area (Å²) in [7, 11) is -2.16. The number of benzene rings is 2. The average molecular weight is 436 g/mol. The van der Waals surface area contributed by atoms with Crippen molar-refractivity contribution in [2.75, 3.05) is 11.9 Å². The topological polar surface area (TPSA) is 75.5 Å². The van der Waals surface area contributed by atoms with Crippen LogP contribution >= 0.6 is 24.0 Å².